The Morgan fingerprint density at radius 1 is 1.26 bits per heavy atom. The van der Waals surface area contributed by atoms with Crippen LogP contribution in [0.25, 0.3) is 10.9 Å². The van der Waals surface area contributed by atoms with Gasteiger partial charge in [-0.25, -0.2) is 0 Å². The van der Waals surface area contributed by atoms with Crippen molar-refractivity contribution in [3.8, 4) is 5.75 Å². The molecule has 142 valence electrons. The second kappa shape index (κ2) is 8.83. The van der Waals surface area contributed by atoms with Gasteiger partial charge in [0.15, 0.2) is 5.69 Å². The molecule has 8 heteroatoms. The fourth-order valence-electron chi connectivity index (χ4n) is 3.15. The first kappa shape index (κ1) is 19.1. The van der Waals surface area contributed by atoms with Gasteiger partial charge in [0.2, 0.25) is 0 Å². The summed E-state index contributed by atoms with van der Waals surface area (Å²) >= 11 is 0. The number of ether oxygens (including phenoxy) is 1. The lowest BCUT2D eigenvalue weighted by Gasteiger charge is -2.13. The molecule has 3 heterocycles. The van der Waals surface area contributed by atoms with Crippen LogP contribution in [0.2, 0.25) is 0 Å². The topological polar surface area (TPSA) is 91.9 Å². The van der Waals surface area contributed by atoms with E-state index in [1.165, 1.54) is 0 Å². The van der Waals surface area contributed by atoms with Crippen molar-refractivity contribution in [2.24, 2.45) is 0 Å². The van der Waals surface area contributed by atoms with Crippen LogP contribution in [0.1, 0.15) is 28.2 Å². The van der Waals surface area contributed by atoms with Gasteiger partial charge < -0.3 is 15.4 Å². The summed E-state index contributed by atoms with van der Waals surface area (Å²) in [6.45, 7) is 2.64. The van der Waals surface area contributed by atoms with Crippen molar-refractivity contribution in [2.45, 2.75) is 19.4 Å². The van der Waals surface area contributed by atoms with E-state index in [2.05, 4.69) is 25.8 Å². The molecule has 0 bridgehead atoms. The Balaban J connectivity index is 0.00000210. The summed E-state index contributed by atoms with van der Waals surface area (Å²) in [4.78, 5) is 16.7. The molecule has 0 saturated carbocycles. The Morgan fingerprint density at radius 2 is 2.15 bits per heavy atom. The summed E-state index contributed by atoms with van der Waals surface area (Å²) in [5.74, 6) is 0.625. The average Bonchev–Trinajstić information content (AvgIpc) is 3.12. The number of rotatable bonds is 6. The Morgan fingerprint density at radius 3 is 3.07 bits per heavy atom. The molecule has 0 spiro atoms. The first-order valence-corrected chi connectivity index (χ1v) is 8.84. The van der Waals surface area contributed by atoms with E-state index in [1.54, 1.807) is 6.20 Å². The van der Waals surface area contributed by atoms with Crippen LogP contribution in [0, 0.1) is 0 Å². The third-order valence-corrected chi connectivity index (χ3v) is 4.48. The van der Waals surface area contributed by atoms with Crippen LogP contribution in [0.5, 0.6) is 5.75 Å². The fourth-order valence-corrected chi connectivity index (χ4v) is 3.15. The number of para-hydroxylation sites is 1. The highest BCUT2D eigenvalue weighted by Gasteiger charge is 2.21. The molecule has 0 saturated heterocycles. The summed E-state index contributed by atoms with van der Waals surface area (Å²) in [5.41, 5.74) is 3.38. The Hall–Kier alpha value is -2.64. The molecular formula is C19H22ClN5O2. The molecule has 4 rings (SSSR count). The van der Waals surface area contributed by atoms with Crippen LogP contribution >= 0.6 is 12.4 Å². The smallest absolute Gasteiger partial charge is 0.272 e. The van der Waals surface area contributed by atoms with Gasteiger partial charge in [-0.05, 0) is 18.6 Å². The van der Waals surface area contributed by atoms with E-state index in [1.807, 2.05) is 30.3 Å². The maximum atomic E-state index is 12.3. The number of hydrogen-bond acceptors (Lipinski definition) is 5. The lowest BCUT2D eigenvalue weighted by Crippen LogP contribution is -2.29. The van der Waals surface area contributed by atoms with Crippen LogP contribution in [0.15, 0.2) is 36.5 Å². The van der Waals surface area contributed by atoms with Crippen LogP contribution in [-0.4, -0.2) is 40.8 Å². The van der Waals surface area contributed by atoms with Gasteiger partial charge in [-0.3, -0.25) is 14.9 Å². The van der Waals surface area contributed by atoms with E-state index in [-0.39, 0.29) is 18.3 Å². The van der Waals surface area contributed by atoms with E-state index in [9.17, 15) is 4.79 Å². The molecule has 1 aliphatic rings. The number of carbonyl (C=O) groups excluding carboxylic acids is 1. The van der Waals surface area contributed by atoms with E-state index < -0.39 is 0 Å². The lowest BCUT2D eigenvalue weighted by atomic mass is 10.1. The number of halogens is 1. The zero-order valence-electron chi connectivity index (χ0n) is 14.8. The first-order chi connectivity index (χ1) is 12.8. The SMILES string of the molecule is Cl.O=C(NCCCOc1cccc2cccnc12)c1n[nH]c2c1CNCC2. The molecule has 1 aliphatic heterocycles. The zero-order valence-corrected chi connectivity index (χ0v) is 15.6. The Kier molecular flexibility index (Phi) is 6.26. The van der Waals surface area contributed by atoms with Crippen LogP contribution in [0.3, 0.4) is 0 Å². The first-order valence-electron chi connectivity index (χ1n) is 8.84. The number of carbonyl (C=O) groups is 1. The van der Waals surface area contributed by atoms with Crippen LogP contribution in [0.4, 0.5) is 0 Å². The molecule has 27 heavy (non-hydrogen) atoms. The van der Waals surface area contributed by atoms with Crippen molar-refractivity contribution in [2.75, 3.05) is 19.7 Å². The second-order valence-corrected chi connectivity index (χ2v) is 6.25. The van der Waals surface area contributed by atoms with Gasteiger partial charge in [0.1, 0.15) is 11.3 Å². The van der Waals surface area contributed by atoms with E-state index in [0.29, 0.717) is 31.8 Å². The average molecular weight is 388 g/mol. The van der Waals surface area contributed by atoms with Gasteiger partial charge in [-0.1, -0.05) is 18.2 Å². The van der Waals surface area contributed by atoms with Gasteiger partial charge >= 0.3 is 0 Å². The minimum atomic E-state index is -0.141. The summed E-state index contributed by atoms with van der Waals surface area (Å²) < 4.78 is 5.84. The normalized spacial score (nSPS) is 12.9. The van der Waals surface area contributed by atoms with Gasteiger partial charge in [0.05, 0.1) is 6.61 Å². The second-order valence-electron chi connectivity index (χ2n) is 6.25. The third kappa shape index (κ3) is 4.20. The molecule has 3 aromatic rings. The van der Waals surface area contributed by atoms with E-state index >= 15 is 0 Å². The molecule has 2 aromatic heterocycles. The summed E-state index contributed by atoms with van der Waals surface area (Å²) in [5, 5.41) is 14.4. The number of nitrogens with zero attached hydrogens (tertiary/aromatic N) is 2. The minimum absolute atomic E-state index is 0. The lowest BCUT2D eigenvalue weighted by molar-refractivity contribution is 0.0945. The maximum Gasteiger partial charge on any atom is 0.272 e. The molecule has 0 aliphatic carbocycles. The molecule has 3 N–H and O–H groups in total. The quantitative estimate of drug-likeness (QED) is 0.564. The van der Waals surface area contributed by atoms with Crippen molar-refractivity contribution >= 4 is 29.2 Å². The molecule has 0 unspecified atom stereocenters. The third-order valence-electron chi connectivity index (χ3n) is 4.48. The van der Waals surface area contributed by atoms with Crippen molar-refractivity contribution < 1.29 is 9.53 Å². The van der Waals surface area contributed by atoms with Crippen molar-refractivity contribution in [1.29, 1.82) is 0 Å². The van der Waals surface area contributed by atoms with Gasteiger partial charge in [-0.15, -0.1) is 12.4 Å². The van der Waals surface area contributed by atoms with E-state index in [4.69, 9.17) is 4.74 Å². The van der Waals surface area contributed by atoms with Crippen molar-refractivity contribution in [3.05, 3.63) is 53.5 Å². The number of H-pyrrole nitrogens is 1. The summed E-state index contributed by atoms with van der Waals surface area (Å²) in [7, 11) is 0. The number of amides is 1. The molecule has 7 nitrogen and oxygen atoms in total. The number of pyridine rings is 1. The summed E-state index contributed by atoms with van der Waals surface area (Å²) in [6.07, 6.45) is 3.34. The molecule has 1 aromatic carbocycles. The van der Waals surface area contributed by atoms with Gasteiger partial charge in [0.25, 0.3) is 5.91 Å². The predicted molar refractivity (Wildman–Crippen MR) is 105 cm³/mol. The van der Waals surface area contributed by atoms with Crippen molar-refractivity contribution in [3.63, 3.8) is 0 Å². The monoisotopic (exact) mass is 387 g/mol. The Labute approximate surface area is 163 Å². The predicted octanol–water partition coefficient (Wildman–Crippen LogP) is 2.22. The number of benzene rings is 1. The fraction of sp³-hybridized carbons (Fsp3) is 0.316. The van der Waals surface area contributed by atoms with Crippen LogP contribution in [-0.2, 0) is 13.0 Å². The molecule has 0 atom stereocenters. The minimum Gasteiger partial charge on any atom is -0.491 e. The molecule has 0 fully saturated rings. The number of aromatic amines is 1. The van der Waals surface area contributed by atoms with Gasteiger partial charge in [0, 0.05) is 48.9 Å². The number of hydrogen-bond donors (Lipinski definition) is 3. The molecule has 0 radical (unpaired) electrons. The number of aromatic nitrogens is 3. The largest absolute Gasteiger partial charge is 0.491 e. The van der Waals surface area contributed by atoms with E-state index in [0.717, 1.165) is 40.9 Å². The standard InChI is InChI=1S/C19H21N5O2.ClH/c25-19(18-14-12-20-10-7-15(14)23-24-18)22-9-3-11-26-16-6-1-4-13-5-2-8-21-17(13)16;/h1-2,4-6,8,20H,3,7,9-12H2,(H,22,25)(H,23,24);1H. The highest BCUT2D eigenvalue weighted by Crippen LogP contribution is 2.22. The molecule has 1 amide bonds. The number of nitrogens with one attached hydrogen (secondary N) is 3. The molecular weight excluding hydrogens is 366 g/mol. The highest BCUT2D eigenvalue weighted by atomic mass is 35.5. The maximum absolute atomic E-state index is 12.3. The Bertz CT molecular complexity index is 922. The summed E-state index contributed by atoms with van der Waals surface area (Å²) in [6, 6.07) is 9.79. The number of fused-ring (bicyclic) bond motifs is 2. The zero-order chi connectivity index (χ0) is 17.8. The van der Waals surface area contributed by atoms with Gasteiger partial charge in [-0.2, -0.15) is 5.10 Å². The van der Waals surface area contributed by atoms with Crippen LogP contribution < -0.4 is 15.4 Å². The highest BCUT2D eigenvalue weighted by molar-refractivity contribution is 5.94. The van der Waals surface area contributed by atoms with Crippen molar-refractivity contribution in [1.82, 2.24) is 25.8 Å².